The van der Waals surface area contributed by atoms with E-state index < -0.39 is 0 Å². The second-order valence-corrected chi connectivity index (χ2v) is 9.90. The molecule has 1 saturated heterocycles. The van der Waals surface area contributed by atoms with Gasteiger partial charge in [0.25, 0.3) is 5.91 Å². The normalized spacial score (nSPS) is 14.3. The first-order valence-electron chi connectivity index (χ1n) is 11.9. The number of nitriles is 1. The number of carbonyl (C=O) groups is 2. The van der Waals surface area contributed by atoms with Crippen LogP contribution in [0.1, 0.15) is 34.3 Å². The van der Waals surface area contributed by atoms with Crippen molar-refractivity contribution in [1.29, 1.82) is 5.26 Å². The summed E-state index contributed by atoms with van der Waals surface area (Å²) in [7, 11) is 0. The van der Waals surface area contributed by atoms with Gasteiger partial charge in [-0.1, -0.05) is 41.7 Å². The number of nitrogens with zero attached hydrogens (tertiary/aromatic N) is 3. The summed E-state index contributed by atoms with van der Waals surface area (Å²) in [6.45, 7) is 2.73. The van der Waals surface area contributed by atoms with Gasteiger partial charge in [0, 0.05) is 23.7 Å². The quantitative estimate of drug-likeness (QED) is 0.380. The SMILES string of the molecule is N#Cc1ccc(C(=O)Nc2nc3ccc(NC(=O)C4CCN(Cc5ccccc5)CC4)cc3s2)cc1. The summed E-state index contributed by atoms with van der Waals surface area (Å²) in [5.74, 6) is -0.241. The number of nitrogens with one attached hydrogen (secondary N) is 2. The number of hydrogen-bond acceptors (Lipinski definition) is 6. The number of hydrogen-bond donors (Lipinski definition) is 2. The Kier molecular flexibility index (Phi) is 7.03. The highest BCUT2D eigenvalue weighted by molar-refractivity contribution is 7.22. The number of rotatable bonds is 6. The molecule has 1 aliphatic heterocycles. The highest BCUT2D eigenvalue weighted by atomic mass is 32.1. The largest absolute Gasteiger partial charge is 0.326 e. The van der Waals surface area contributed by atoms with Crippen LogP contribution in [0.3, 0.4) is 0 Å². The molecule has 4 aromatic rings. The van der Waals surface area contributed by atoms with Gasteiger partial charge in [0.2, 0.25) is 5.91 Å². The molecule has 8 heteroatoms. The Morgan fingerprint density at radius 1 is 1.00 bits per heavy atom. The predicted molar refractivity (Wildman–Crippen MR) is 142 cm³/mol. The number of fused-ring (bicyclic) bond motifs is 1. The van der Waals surface area contributed by atoms with Crippen molar-refractivity contribution in [3.63, 3.8) is 0 Å². The molecule has 5 rings (SSSR count). The van der Waals surface area contributed by atoms with Gasteiger partial charge in [0.15, 0.2) is 5.13 Å². The van der Waals surface area contributed by atoms with Crippen molar-refractivity contribution < 1.29 is 9.59 Å². The van der Waals surface area contributed by atoms with E-state index in [0.717, 1.165) is 48.4 Å². The lowest BCUT2D eigenvalue weighted by Gasteiger charge is -2.31. The van der Waals surface area contributed by atoms with Gasteiger partial charge in [-0.15, -0.1) is 0 Å². The number of piperidine rings is 1. The molecule has 1 aromatic heterocycles. The van der Waals surface area contributed by atoms with E-state index in [2.05, 4.69) is 44.8 Å². The lowest BCUT2D eigenvalue weighted by molar-refractivity contribution is -0.121. The molecule has 36 heavy (non-hydrogen) atoms. The van der Waals surface area contributed by atoms with E-state index in [1.807, 2.05) is 30.3 Å². The third kappa shape index (κ3) is 5.60. The first-order chi connectivity index (χ1) is 17.6. The van der Waals surface area contributed by atoms with Crippen LogP contribution in [-0.4, -0.2) is 34.8 Å². The maximum absolute atomic E-state index is 12.9. The lowest BCUT2D eigenvalue weighted by atomic mass is 9.95. The number of benzene rings is 3. The first kappa shape index (κ1) is 23.7. The minimum Gasteiger partial charge on any atom is -0.326 e. The van der Waals surface area contributed by atoms with E-state index in [1.165, 1.54) is 16.9 Å². The van der Waals surface area contributed by atoms with Crippen molar-refractivity contribution in [1.82, 2.24) is 9.88 Å². The van der Waals surface area contributed by atoms with Crippen LogP contribution in [-0.2, 0) is 11.3 Å². The Balaban J connectivity index is 1.17. The molecular formula is C28H25N5O2S. The molecule has 2 heterocycles. The van der Waals surface area contributed by atoms with Crippen molar-refractivity contribution in [2.75, 3.05) is 23.7 Å². The Hall–Kier alpha value is -4.06. The molecule has 0 bridgehead atoms. The van der Waals surface area contributed by atoms with Crippen LogP contribution in [0.5, 0.6) is 0 Å². The monoisotopic (exact) mass is 495 g/mol. The molecule has 3 aromatic carbocycles. The molecule has 0 spiro atoms. The van der Waals surface area contributed by atoms with Crippen molar-refractivity contribution in [2.24, 2.45) is 5.92 Å². The molecule has 0 atom stereocenters. The van der Waals surface area contributed by atoms with E-state index in [0.29, 0.717) is 16.3 Å². The summed E-state index contributed by atoms with van der Waals surface area (Å²) in [4.78, 5) is 32.3. The Morgan fingerprint density at radius 2 is 1.75 bits per heavy atom. The van der Waals surface area contributed by atoms with E-state index in [1.54, 1.807) is 24.3 Å². The van der Waals surface area contributed by atoms with Crippen LogP contribution in [0, 0.1) is 17.2 Å². The number of likely N-dealkylation sites (tertiary alicyclic amines) is 1. The summed E-state index contributed by atoms with van der Waals surface area (Å²) in [5, 5.41) is 15.3. The first-order valence-corrected chi connectivity index (χ1v) is 12.7. The molecule has 2 N–H and O–H groups in total. The van der Waals surface area contributed by atoms with Crippen LogP contribution in [0.15, 0.2) is 72.8 Å². The maximum Gasteiger partial charge on any atom is 0.257 e. The zero-order valence-electron chi connectivity index (χ0n) is 19.6. The molecule has 7 nitrogen and oxygen atoms in total. The van der Waals surface area contributed by atoms with Crippen molar-refractivity contribution >= 4 is 44.2 Å². The number of thiazole rings is 1. The van der Waals surface area contributed by atoms with Crippen LogP contribution in [0.2, 0.25) is 0 Å². The van der Waals surface area contributed by atoms with Crippen molar-refractivity contribution in [3.05, 3.63) is 89.5 Å². The molecule has 0 saturated carbocycles. The highest BCUT2D eigenvalue weighted by Crippen LogP contribution is 2.29. The highest BCUT2D eigenvalue weighted by Gasteiger charge is 2.25. The summed E-state index contributed by atoms with van der Waals surface area (Å²) in [5.41, 5.74) is 3.73. The van der Waals surface area contributed by atoms with Crippen molar-refractivity contribution in [3.8, 4) is 6.07 Å². The van der Waals surface area contributed by atoms with Crippen LogP contribution < -0.4 is 10.6 Å². The van der Waals surface area contributed by atoms with Gasteiger partial charge in [-0.2, -0.15) is 5.26 Å². The number of aromatic nitrogens is 1. The van der Waals surface area contributed by atoms with E-state index in [-0.39, 0.29) is 17.7 Å². The third-order valence-electron chi connectivity index (χ3n) is 6.36. The molecule has 1 aliphatic rings. The Labute approximate surface area is 213 Å². The van der Waals surface area contributed by atoms with Gasteiger partial charge < -0.3 is 5.32 Å². The molecule has 2 amide bonds. The lowest BCUT2D eigenvalue weighted by Crippen LogP contribution is -2.37. The van der Waals surface area contributed by atoms with E-state index >= 15 is 0 Å². The molecule has 1 fully saturated rings. The average Bonchev–Trinajstić information content (AvgIpc) is 3.31. The standard InChI is InChI=1S/C28H25N5O2S/c29-17-19-6-8-21(9-7-19)27(35)32-28-31-24-11-10-23(16-25(24)36-28)30-26(34)22-12-14-33(15-13-22)18-20-4-2-1-3-5-20/h1-11,16,22H,12-15,18H2,(H,30,34)(H,31,32,35). The fourth-order valence-corrected chi connectivity index (χ4v) is 5.26. The van der Waals surface area contributed by atoms with Gasteiger partial charge in [-0.3, -0.25) is 19.8 Å². The van der Waals surface area contributed by atoms with Gasteiger partial charge in [-0.25, -0.2) is 4.98 Å². The van der Waals surface area contributed by atoms with Crippen LogP contribution in [0.25, 0.3) is 10.2 Å². The van der Waals surface area contributed by atoms with Crippen molar-refractivity contribution in [2.45, 2.75) is 19.4 Å². The Bertz CT molecular complexity index is 1420. The maximum atomic E-state index is 12.9. The molecular weight excluding hydrogens is 470 g/mol. The zero-order valence-corrected chi connectivity index (χ0v) is 20.4. The third-order valence-corrected chi connectivity index (χ3v) is 7.29. The number of carbonyl (C=O) groups excluding carboxylic acids is 2. The fraction of sp³-hybridized carbons (Fsp3) is 0.214. The van der Waals surface area contributed by atoms with Gasteiger partial charge in [-0.05, 0) is 74.0 Å². The van der Waals surface area contributed by atoms with E-state index in [9.17, 15) is 9.59 Å². The second kappa shape index (κ2) is 10.7. The van der Waals surface area contributed by atoms with Crippen LogP contribution in [0.4, 0.5) is 10.8 Å². The van der Waals surface area contributed by atoms with Gasteiger partial charge in [0.05, 0.1) is 21.8 Å². The summed E-state index contributed by atoms with van der Waals surface area (Å²) in [6.07, 6.45) is 1.68. The smallest absolute Gasteiger partial charge is 0.257 e. The average molecular weight is 496 g/mol. The minimum atomic E-state index is -0.286. The second-order valence-electron chi connectivity index (χ2n) is 8.87. The van der Waals surface area contributed by atoms with Gasteiger partial charge in [0.1, 0.15) is 0 Å². The molecule has 0 radical (unpaired) electrons. The van der Waals surface area contributed by atoms with E-state index in [4.69, 9.17) is 5.26 Å². The number of anilines is 2. The fourth-order valence-electron chi connectivity index (χ4n) is 4.36. The molecule has 0 unspecified atom stereocenters. The molecule has 180 valence electrons. The minimum absolute atomic E-state index is 0.00329. The summed E-state index contributed by atoms with van der Waals surface area (Å²) >= 11 is 1.35. The summed E-state index contributed by atoms with van der Waals surface area (Å²) < 4.78 is 0.876. The predicted octanol–water partition coefficient (Wildman–Crippen LogP) is 5.27. The number of amides is 2. The van der Waals surface area contributed by atoms with Crippen LogP contribution >= 0.6 is 11.3 Å². The zero-order chi connectivity index (χ0) is 24.9. The molecule has 0 aliphatic carbocycles. The Morgan fingerprint density at radius 3 is 2.47 bits per heavy atom. The summed E-state index contributed by atoms with van der Waals surface area (Å²) in [6, 6.07) is 24.5. The van der Waals surface area contributed by atoms with Gasteiger partial charge >= 0.3 is 0 Å². The topological polar surface area (TPSA) is 98.1 Å².